The van der Waals surface area contributed by atoms with Crippen molar-refractivity contribution < 1.29 is 24.2 Å². The molecule has 46 heavy (non-hydrogen) atoms. The first-order valence-corrected chi connectivity index (χ1v) is 16.2. The standard InChI is InChI=1S/C36H39N5O5/c1-21-15-24(3-9-29(21)34(42)38-27-5-6-27)26-17-31(41(36(44)45)19-23-11-13-46-14-12-23)33-37-18-32(40(33)20-26)25-4-10-30(22(2)16-25)35(43)39-28-7-8-28/h3-4,9-10,15-18,20,23,27-28H,5-8,11-14,19H2,1-2H3,(H,38,42)(H,39,43)(H,44,45). The summed E-state index contributed by atoms with van der Waals surface area (Å²) in [5, 5.41) is 16.6. The first kappa shape index (κ1) is 30.0. The van der Waals surface area contributed by atoms with Gasteiger partial charge in [0.05, 0.1) is 17.6 Å². The highest BCUT2D eigenvalue weighted by Crippen LogP contribution is 2.35. The SMILES string of the molecule is Cc1cc(-c2cc(N(CC3CCOCC3)C(=O)O)c3ncc(-c4ccc(C(=O)NC5CC5)c(C)c4)n3c2)ccc1C(=O)NC1CC1. The number of rotatable bonds is 9. The van der Waals surface area contributed by atoms with E-state index in [1.807, 2.05) is 66.9 Å². The molecule has 4 aromatic rings. The predicted molar refractivity (Wildman–Crippen MR) is 175 cm³/mol. The van der Waals surface area contributed by atoms with E-state index in [9.17, 15) is 19.5 Å². The topological polar surface area (TPSA) is 125 Å². The Balaban J connectivity index is 1.31. The van der Waals surface area contributed by atoms with Gasteiger partial charge in [-0.3, -0.25) is 18.9 Å². The number of ether oxygens (including phenoxy) is 1. The van der Waals surface area contributed by atoms with Crippen molar-refractivity contribution in [1.29, 1.82) is 0 Å². The molecule has 7 rings (SSSR count). The van der Waals surface area contributed by atoms with Gasteiger partial charge in [0.2, 0.25) is 0 Å². The average Bonchev–Trinajstić information content (AvgIpc) is 3.98. The quantitative estimate of drug-likeness (QED) is 0.211. The molecule has 2 aromatic carbocycles. The van der Waals surface area contributed by atoms with Gasteiger partial charge in [0, 0.05) is 60.3 Å². The molecule has 1 saturated heterocycles. The lowest BCUT2D eigenvalue weighted by Crippen LogP contribution is -2.36. The van der Waals surface area contributed by atoms with Crippen molar-refractivity contribution in [3.63, 3.8) is 0 Å². The third kappa shape index (κ3) is 6.22. The molecule has 3 fully saturated rings. The largest absolute Gasteiger partial charge is 0.465 e. The van der Waals surface area contributed by atoms with E-state index in [2.05, 4.69) is 10.6 Å². The Kier molecular flexibility index (Phi) is 7.98. The highest BCUT2D eigenvalue weighted by molar-refractivity contribution is 5.98. The summed E-state index contributed by atoms with van der Waals surface area (Å²) in [6, 6.07) is 13.9. The second kappa shape index (κ2) is 12.2. The minimum atomic E-state index is -1.04. The minimum absolute atomic E-state index is 0.0656. The fourth-order valence-corrected chi connectivity index (χ4v) is 6.26. The number of anilines is 1. The van der Waals surface area contributed by atoms with Crippen LogP contribution in [0.5, 0.6) is 0 Å². The summed E-state index contributed by atoms with van der Waals surface area (Å²) in [7, 11) is 0. The molecule has 0 unspecified atom stereocenters. The van der Waals surface area contributed by atoms with E-state index >= 15 is 0 Å². The van der Waals surface area contributed by atoms with Crippen molar-refractivity contribution in [2.45, 2.75) is 64.5 Å². The molecule has 238 valence electrons. The number of aryl methyl sites for hydroxylation is 2. The van der Waals surface area contributed by atoms with Crippen LogP contribution in [0.2, 0.25) is 0 Å². The molecular weight excluding hydrogens is 582 g/mol. The van der Waals surface area contributed by atoms with Gasteiger partial charge in [0.15, 0.2) is 5.65 Å². The number of aromatic nitrogens is 2. The maximum Gasteiger partial charge on any atom is 0.411 e. The molecule has 0 radical (unpaired) electrons. The van der Waals surface area contributed by atoms with Gasteiger partial charge < -0.3 is 20.5 Å². The molecule has 0 atom stereocenters. The molecule has 3 N–H and O–H groups in total. The number of hydrogen-bond acceptors (Lipinski definition) is 5. The number of nitrogens with one attached hydrogen (secondary N) is 2. The van der Waals surface area contributed by atoms with Crippen molar-refractivity contribution in [3.8, 4) is 22.4 Å². The van der Waals surface area contributed by atoms with Crippen LogP contribution in [0.3, 0.4) is 0 Å². The van der Waals surface area contributed by atoms with Crippen LogP contribution >= 0.6 is 0 Å². The van der Waals surface area contributed by atoms with Gasteiger partial charge in [-0.1, -0.05) is 18.2 Å². The van der Waals surface area contributed by atoms with Crippen LogP contribution < -0.4 is 15.5 Å². The van der Waals surface area contributed by atoms with Crippen LogP contribution in [0.1, 0.15) is 70.4 Å². The number of carboxylic acid groups (broad SMARTS) is 1. The second-order valence-electron chi connectivity index (χ2n) is 13.0. The van der Waals surface area contributed by atoms with Crippen molar-refractivity contribution >= 4 is 29.2 Å². The van der Waals surface area contributed by atoms with Crippen LogP contribution in [0.15, 0.2) is 54.9 Å². The normalized spacial score (nSPS) is 16.7. The van der Waals surface area contributed by atoms with E-state index in [-0.39, 0.29) is 29.8 Å². The van der Waals surface area contributed by atoms with Gasteiger partial charge >= 0.3 is 6.09 Å². The van der Waals surface area contributed by atoms with Crippen LogP contribution in [0, 0.1) is 19.8 Å². The zero-order valence-corrected chi connectivity index (χ0v) is 26.2. The smallest absolute Gasteiger partial charge is 0.411 e. The molecule has 10 nitrogen and oxygen atoms in total. The van der Waals surface area contributed by atoms with Gasteiger partial charge in [0.25, 0.3) is 11.8 Å². The molecule has 10 heteroatoms. The average molecular weight is 622 g/mol. The lowest BCUT2D eigenvalue weighted by atomic mass is 9.98. The van der Waals surface area contributed by atoms with Gasteiger partial charge in [-0.15, -0.1) is 0 Å². The van der Waals surface area contributed by atoms with Gasteiger partial charge in [0.1, 0.15) is 0 Å². The molecule has 2 saturated carbocycles. The number of benzene rings is 2. The first-order chi connectivity index (χ1) is 22.2. The molecular formula is C36H39N5O5. The van der Waals surface area contributed by atoms with Crippen molar-refractivity contribution in [2.24, 2.45) is 5.92 Å². The monoisotopic (exact) mass is 621 g/mol. The number of hydrogen-bond donors (Lipinski definition) is 3. The number of fused-ring (bicyclic) bond motifs is 1. The van der Waals surface area contributed by atoms with Crippen LogP contribution in [-0.2, 0) is 4.74 Å². The molecule has 1 aliphatic heterocycles. The lowest BCUT2D eigenvalue weighted by Gasteiger charge is -2.28. The Morgan fingerprint density at radius 2 is 1.43 bits per heavy atom. The number of imidazole rings is 1. The predicted octanol–water partition coefficient (Wildman–Crippen LogP) is 5.98. The Labute approximate surface area is 267 Å². The molecule has 2 aromatic heterocycles. The summed E-state index contributed by atoms with van der Waals surface area (Å²) in [6.07, 6.45) is 8.35. The third-order valence-corrected chi connectivity index (χ3v) is 9.29. The third-order valence-electron chi connectivity index (χ3n) is 9.29. The molecule has 0 spiro atoms. The van der Waals surface area contributed by atoms with E-state index in [1.165, 1.54) is 4.90 Å². The molecule has 3 amide bonds. The zero-order chi connectivity index (χ0) is 31.9. The fourth-order valence-electron chi connectivity index (χ4n) is 6.26. The summed E-state index contributed by atoms with van der Waals surface area (Å²) in [4.78, 5) is 44.6. The number of pyridine rings is 1. The fraction of sp³-hybridized carbons (Fsp3) is 0.389. The van der Waals surface area contributed by atoms with Gasteiger partial charge in [-0.2, -0.15) is 0 Å². The molecule has 3 heterocycles. The van der Waals surface area contributed by atoms with E-state index < -0.39 is 6.09 Å². The van der Waals surface area contributed by atoms with E-state index in [0.717, 1.165) is 72.0 Å². The Bertz CT molecular complexity index is 1830. The van der Waals surface area contributed by atoms with Crippen molar-refractivity contribution in [2.75, 3.05) is 24.7 Å². The summed E-state index contributed by atoms with van der Waals surface area (Å²) in [5.74, 6) is 0.0355. The van der Waals surface area contributed by atoms with Gasteiger partial charge in [-0.05, 0) is 99.2 Å². The van der Waals surface area contributed by atoms with Crippen LogP contribution in [-0.4, -0.2) is 64.2 Å². The molecule has 2 aliphatic carbocycles. The van der Waals surface area contributed by atoms with E-state index in [1.54, 1.807) is 6.20 Å². The number of carbonyl (C=O) groups is 3. The number of amides is 3. The van der Waals surface area contributed by atoms with Crippen molar-refractivity contribution in [1.82, 2.24) is 20.0 Å². The second-order valence-corrected chi connectivity index (χ2v) is 13.0. The summed E-state index contributed by atoms with van der Waals surface area (Å²) in [6.45, 7) is 5.42. The lowest BCUT2D eigenvalue weighted by molar-refractivity contribution is 0.0680. The Morgan fingerprint density at radius 3 is 2.00 bits per heavy atom. The van der Waals surface area contributed by atoms with Crippen LogP contribution in [0.25, 0.3) is 28.0 Å². The maximum atomic E-state index is 12.8. The Morgan fingerprint density at radius 1 is 0.848 bits per heavy atom. The molecule has 3 aliphatic rings. The summed E-state index contributed by atoms with van der Waals surface area (Å²) >= 11 is 0. The first-order valence-electron chi connectivity index (χ1n) is 16.2. The maximum absolute atomic E-state index is 12.8. The van der Waals surface area contributed by atoms with E-state index in [0.29, 0.717) is 42.2 Å². The summed E-state index contributed by atoms with van der Waals surface area (Å²) in [5.41, 5.74) is 7.30. The van der Waals surface area contributed by atoms with Crippen molar-refractivity contribution in [3.05, 3.63) is 77.1 Å². The summed E-state index contributed by atoms with van der Waals surface area (Å²) < 4.78 is 7.46. The minimum Gasteiger partial charge on any atom is -0.465 e. The van der Waals surface area contributed by atoms with E-state index in [4.69, 9.17) is 9.72 Å². The zero-order valence-electron chi connectivity index (χ0n) is 26.2. The number of carbonyl (C=O) groups excluding carboxylic acids is 2. The molecule has 0 bridgehead atoms. The highest BCUT2D eigenvalue weighted by atomic mass is 16.5. The van der Waals surface area contributed by atoms with Crippen LogP contribution in [0.4, 0.5) is 10.5 Å². The Hall–Kier alpha value is -4.70. The number of nitrogens with zero attached hydrogens (tertiary/aromatic N) is 3. The highest BCUT2D eigenvalue weighted by Gasteiger charge is 2.28. The van der Waals surface area contributed by atoms with Gasteiger partial charge in [-0.25, -0.2) is 9.78 Å².